The molecule has 98 valence electrons. The smallest absolute Gasteiger partial charge is 0.280 e. The summed E-state index contributed by atoms with van der Waals surface area (Å²) in [6.07, 6.45) is 0.768. The predicted octanol–water partition coefficient (Wildman–Crippen LogP) is -1.31. The number of nitrogens with zero attached hydrogens (tertiary/aromatic N) is 3. The summed E-state index contributed by atoms with van der Waals surface area (Å²) in [6, 6.07) is 0. The van der Waals surface area contributed by atoms with Crippen LogP contribution >= 0.6 is 0 Å². The van der Waals surface area contributed by atoms with E-state index in [1.165, 1.54) is 6.33 Å². The molecule has 8 nitrogen and oxygen atoms in total. The van der Waals surface area contributed by atoms with Gasteiger partial charge in [-0.2, -0.15) is 4.98 Å². The van der Waals surface area contributed by atoms with Gasteiger partial charge in [-0.1, -0.05) is 0 Å². The van der Waals surface area contributed by atoms with E-state index in [4.69, 9.17) is 10.8 Å². The Morgan fingerprint density at radius 2 is 2.33 bits per heavy atom. The van der Waals surface area contributed by atoms with Crippen LogP contribution in [-0.2, 0) is 6.54 Å². The largest absolute Gasteiger partial charge is 0.396 e. The minimum atomic E-state index is -0.674. The summed E-state index contributed by atoms with van der Waals surface area (Å²) in [5.74, 6) is -0.350. The highest BCUT2D eigenvalue weighted by Gasteiger charge is 2.17. The maximum absolute atomic E-state index is 11.6. The third-order valence-corrected chi connectivity index (χ3v) is 2.84. The maximum Gasteiger partial charge on any atom is 0.280 e. The molecule has 5 N–H and O–H groups in total. The standard InChI is InChI=1S/C10H15N5O3/c1-5(17)6(3-16)2-15-4-12-7-8(15)13-10(11)14-9(7)18/h4-6,16-17H,2-3H2,1H3,(H3,11,13,14,18)/t5-,6-/m1/s1. The highest BCUT2D eigenvalue weighted by atomic mass is 16.3. The van der Waals surface area contributed by atoms with Crippen LogP contribution in [0.25, 0.3) is 11.2 Å². The van der Waals surface area contributed by atoms with Crippen molar-refractivity contribution in [1.29, 1.82) is 0 Å². The molecule has 0 saturated carbocycles. The van der Waals surface area contributed by atoms with E-state index >= 15 is 0 Å². The molecular formula is C10H15N5O3. The fourth-order valence-electron chi connectivity index (χ4n) is 1.72. The number of aromatic amines is 1. The van der Waals surface area contributed by atoms with Crippen LogP contribution in [0, 0.1) is 5.92 Å². The predicted molar refractivity (Wildman–Crippen MR) is 64.8 cm³/mol. The number of fused-ring (bicyclic) bond motifs is 1. The van der Waals surface area contributed by atoms with Gasteiger partial charge in [0, 0.05) is 12.5 Å². The molecule has 2 atom stereocenters. The molecule has 2 aromatic heterocycles. The number of nitrogens with two attached hydrogens (primary N) is 1. The average molecular weight is 253 g/mol. The van der Waals surface area contributed by atoms with Crippen LogP contribution in [0.1, 0.15) is 6.92 Å². The van der Waals surface area contributed by atoms with Gasteiger partial charge in [0.2, 0.25) is 5.95 Å². The monoisotopic (exact) mass is 253 g/mol. The second kappa shape index (κ2) is 4.75. The lowest BCUT2D eigenvalue weighted by atomic mass is 10.1. The molecule has 0 spiro atoms. The Morgan fingerprint density at radius 1 is 1.61 bits per heavy atom. The van der Waals surface area contributed by atoms with Gasteiger partial charge in [-0.25, -0.2) is 4.98 Å². The van der Waals surface area contributed by atoms with Crippen LogP contribution in [0.15, 0.2) is 11.1 Å². The summed E-state index contributed by atoms with van der Waals surface area (Å²) in [5.41, 5.74) is 5.59. The van der Waals surface area contributed by atoms with E-state index in [0.29, 0.717) is 12.2 Å². The van der Waals surface area contributed by atoms with Gasteiger partial charge in [-0.15, -0.1) is 0 Å². The van der Waals surface area contributed by atoms with E-state index in [1.54, 1.807) is 11.5 Å². The lowest BCUT2D eigenvalue weighted by molar-refractivity contribution is 0.0711. The fraction of sp³-hybridized carbons (Fsp3) is 0.500. The third-order valence-electron chi connectivity index (χ3n) is 2.84. The second-order valence-corrected chi connectivity index (χ2v) is 4.20. The topological polar surface area (TPSA) is 130 Å². The molecule has 0 aromatic carbocycles. The van der Waals surface area contributed by atoms with Gasteiger partial charge < -0.3 is 20.5 Å². The zero-order valence-electron chi connectivity index (χ0n) is 9.87. The lowest BCUT2D eigenvalue weighted by Crippen LogP contribution is -2.25. The highest BCUT2D eigenvalue weighted by molar-refractivity contribution is 5.70. The number of anilines is 1. The summed E-state index contributed by atoms with van der Waals surface area (Å²) in [7, 11) is 0. The second-order valence-electron chi connectivity index (χ2n) is 4.20. The van der Waals surface area contributed by atoms with Gasteiger partial charge >= 0.3 is 0 Å². The van der Waals surface area contributed by atoms with Gasteiger partial charge in [-0.3, -0.25) is 9.78 Å². The first-order valence-corrected chi connectivity index (χ1v) is 5.52. The van der Waals surface area contributed by atoms with Crippen LogP contribution < -0.4 is 11.3 Å². The van der Waals surface area contributed by atoms with Crippen molar-refractivity contribution in [1.82, 2.24) is 19.5 Å². The first-order chi connectivity index (χ1) is 8.52. The number of hydrogen-bond donors (Lipinski definition) is 4. The van der Waals surface area contributed by atoms with Crippen molar-refractivity contribution >= 4 is 17.1 Å². The molecule has 0 aliphatic heterocycles. The highest BCUT2D eigenvalue weighted by Crippen LogP contribution is 2.12. The van der Waals surface area contributed by atoms with Crippen molar-refractivity contribution in [2.75, 3.05) is 12.3 Å². The lowest BCUT2D eigenvalue weighted by Gasteiger charge is -2.17. The zero-order valence-corrected chi connectivity index (χ0v) is 9.87. The molecule has 0 saturated heterocycles. The van der Waals surface area contributed by atoms with E-state index < -0.39 is 11.7 Å². The van der Waals surface area contributed by atoms with Crippen LogP contribution in [0.5, 0.6) is 0 Å². The number of imidazole rings is 1. The Hall–Kier alpha value is -1.93. The summed E-state index contributed by atoms with van der Waals surface area (Å²) in [4.78, 5) is 21.9. The van der Waals surface area contributed by atoms with Gasteiger partial charge in [-0.05, 0) is 6.92 Å². The van der Waals surface area contributed by atoms with Crippen LogP contribution in [0.3, 0.4) is 0 Å². The van der Waals surface area contributed by atoms with Crippen molar-refractivity contribution in [3.8, 4) is 0 Å². The average Bonchev–Trinajstić information content (AvgIpc) is 2.68. The summed E-state index contributed by atoms with van der Waals surface area (Å²) in [5, 5.41) is 18.7. The molecule has 0 aliphatic carbocycles. The van der Waals surface area contributed by atoms with E-state index in [2.05, 4.69) is 15.0 Å². The van der Waals surface area contributed by atoms with Crippen LogP contribution in [-0.4, -0.2) is 42.4 Å². The Bertz CT molecular complexity index is 603. The van der Waals surface area contributed by atoms with E-state index in [-0.39, 0.29) is 24.0 Å². The molecule has 0 aliphatic rings. The number of H-pyrrole nitrogens is 1. The molecule has 0 amide bonds. The third kappa shape index (κ3) is 2.20. The number of hydrogen-bond acceptors (Lipinski definition) is 6. The number of nitrogens with one attached hydrogen (secondary N) is 1. The van der Waals surface area contributed by atoms with Gasteiger partial charge in [0.1, 0.15) is 0 Å². The van der Waals surface area contributed by atoms with Gasteiger partial charge in [0.15, 0.2) is 11.2 Å². The molecule has 0 unspecified atom stereocenters. The molecule has 0 radical (unpaired) electrons. The quantitative estimate of drug-likeness (QED) is 0.535. The molecule has 18 heavy (non-hydrogen) atoms. The fourth-order valence-corrected chi connectivity index (χ4v) is 1.72. The summed E-state index contributed by atoms with van der Waals surface area (Å²) in [6.45, 7) is 1.73. The molecule has 2 aromatic rings. The van der Waals surface area contributed by atoms with Crippen molar-refractivity contribution in [3.63, 3.8) is 0 Å². The van der Waals surface area contributed by atoms with Crippen molar-refractivity contribution < 1.29 is 10.2 Å². The number of aromatic nitrogens is 4. The van der Waals surface area contributed by atoms with E-state index in [0.717, 1.165) is 0 Å². The van der Waals surface area contributed by atoms with Crippen LogP contribution in [0.2, 0.25) is 0 Å². The maximum atomic E-state index is 11.6. The summed E-state index contributed by atoms with van der Waals surface area (Å²) < 4.78 is 1.59. The first-order valence-electron chi connectivity index (χ1n) is 5.52. The van der Waals surface area contributed by atoms with Gasteiger partial charge in [0.25, 0.3) is 5.56 Å². The number of aliphatic hydroxyl groups excluding tert-OH is 2. The molecular weight excluding hydrogens is 238 g/mol. The molecule has 0 fully saturated rings. The minimum Gasteiger partial charge on any atom is -0.396 e. The summed E-state index contributed by atoms with van der Waals surface area (Å²) >= 11 is 0. The Labute approximate surface area is 102 Å². The Kier molecular flexibility index (Phi) is 3.30. The minimum absolute atomic E-state index is 0.00634. The van der Waals surface area contributed by atoms with Crippen molar-refractivity contribution in [2.45, 2.75) is 19.6 Å². The van der Waals surface area contributed by atoms with Gasteiger partial charge in [0.05, 0.1) is 19.0 Å². The van der Waals surface area contributed by atoms with E-state index in [9.17, 15) is 9.90 Å². The number of aliphatic hydroxyl groups is 2. The Morgan fingerprint density at radius 3 is 2.94 bits per heavy atom. The number of nitrogen functional groups attached to an aromatic ring is 1. The zero-order chi connectivity index (χ0) is 13.3. The molecule has 8 heteroatoms. The Balaban J connectivity index is 2.43. The molecule has 2 rings (SSSR count). The van der Waals surface area contributed by atoms with Crippen LogP contribution in [0.4, 0.5) is 5.95 Å². The molecule has 2 heterocycles. The van der Waals surface area contributed by atoms with Crippen molar-refractivity contribution in [3.05, 3.63) is 16.7 Å². The van der Waals surface area contributed by atoms with Crippen molar-refractivity contribution in [2.24, 2.45) is 5.92 Å². The van der Waals surface area contributed by atoms with E-state index in [1.807, 2.05) is 0 Å². The normalized spacial score (nSPS) is 14.8. The molecule has 0 bridgehead atoms. The number of rotatable bonds is 4. The first kappa shape index (κ1) is 12.5. The SMILES string of the molecule is C[C@@H](O)[C@@H](CO)Cn1cnc2c(=O)[nH]c(N)nc21.